The van der Waals surface area contributed by atoms with Crippen molar-refractivity contribution >= 4 is 41.5 Å². The number of nitrogens with one attached hydrogen (secondary N) is 1. The van der Waals surface area contributed by atoms with E-state index >= 15 is 0 Å². The molecule has 10 nitrogen and oxygen atoms in total. The highest BCUT2D eigenvalue weighted by Gasteiger charge is 2.24. The van der Waals surface area contributed by atoms with Crippen molar-refractivity contribution in [2.24, 2.45) is 5.10 Å². The Balaban J connectivity index is 1.55. The van der Waals surface area contributed by atoms with Gasteiger partial charge in [0.2, 0.25) is 11.6 Å². The molecule has 0 aliphatic rings. The number of amides is 1. The standard InChI is InChI=1S/C20H18N8O2S2/c1-31-14-9-7-13(8-10-14)11-22-24-20(29)17-16(12-32-15-5-3-2-4-6-15)28(27-23-17)19-18(21)25-30-26-19/h2-11H,12H2,1H3,(H2,21,25)(H,24,29)/b22-11-. The molecular formula is C20H18N8O2S2. The normalized spacial score (nSPS) is 11.2. The Kier molecular flexibility index (Phi) is 6.82. The van der Waals surface area contributed by atoms with Crippen molar-refractivity contribution in [3.8, 4) is 5.82 Å². The minimum atomic E-state index is -0.507. The monoisotopic (exact) mass is 466 g/mol. The van der Waals surface area contributed by atoms with Gasteiger partial charge in [0.15, 0.2) is 5.69 Å². The maximum Gasteiger partial charge on any atom is 0.293 e. The van der Waals surface area contributed by atoms with Gasteiger partial charge in [0.25, 0.3) is 5.91 Å². The van der Waals surface area contributed by atoms with E-state index in [1.807, 2.05) is 60.9 Å². The Bertz CT molecular complexity index is 1220. The number of nitrogens with two attached hydrogens (primary N) is 1. The summed E-state index contributed by atoms with van der Waals surface area (Å²) in [6.07, 6.45) is 3.57. The molecule has 1 amide bonds. The van der Waals surface area contributed by atoms with Gasteiger partial charge in [-0.2, -0.15) is 9.78 Å². The molecule has 4 rings (SSSR count). The first-order valence-electron chi connectivity index (χ1n) is 9.34. The lowest BCUT2D eigenvalue weighted by Crippen LogP contribution is -2.20. The minimum absolute atomic E-state index is 0.0412. The lowest BCUT2D eigenvalue weighted by atomic mass is 10.2. The number of nitrogen functional groups attached to an aromatic ring is 1. The van der Waals surface area contributed by atoms with Crippen LogP contribution in [0.2, 0.25) is 0 Å². The predicted octanol–water partition coefficient (Wildman–Crippen LogP) is 3.01. The molecule has 0 saturated heterocycles. The van der Waals surface area contributed by atoms with Gasteiger partial charge in [-0.1, -0.05) is 35.5 Å². The third kappa shape index (κ3) is 4.98. The average Bonchev–Trinajstić information content (AvgIpc) is 3.44. The molecule has 0 bridgehead atoms. The van der Waals surface area contributed by atoms with Crippen LogP contribution in [0.5, 0.6) is 0 Å². The number of hydrazone groups is 1. The van der Waals surface area contributed by atoms with Crippen molar-refractivity contribution < 1.29 is 9.42 Å². The van der Waals surface area contributed by atoms with Gasteiger partial charge in [-0.15, -0.1) is 28.6 Å². The SMILES string of the molecule is CSc1ccc(/C=N\NC(=O)c2nnn(-c3nonc3N)c2CSc2ccccc2)cc1. The summed E-state index contributed by atoms with van der Waals surface area (Å²) >= 11 is 3.16. The summed E-state index contributed by atoms with van der Waals surface area (Å²) in [7, 11) is 0. The highest BCUT2D eigenvalue weighted by molar-refractivity contribution is 7.98. The molecule has 0 fully saturated rings. The quantitative estimate of drug-likeness (QED) is 0.228. The van der Waals surface area contributed by atoms with Crippen LogP contribution in [0.25, 0.3) is 5.82 Å². The topological polar surface area (TPSA) is 137 Å². The van der Waals surface area contributed by atoms with E-state index in [0.29, 0.717) is 11.4 Å². The van der Waals surface area contributed by atoms with Gasteiger partial charge < -0.3 is 5.73 Å². The van der Waals surface area contributed by atoms with E-state index in [0.717, 1.165) is 15.4 Å². The molecule has 162 valence electrons. The Morgan fingerprint density at radius 1 is 1.16 bits per heavy atom. The number of carbonyl (C=O) groups excluding carboxylic acids is 1. The molecule has 3 N–H and O–H groups in total. The molecule has 0 aliphatic carbocycles. The fourth-order valence-corrected chi connectivity index (χ4v) is 4.01. The number of benzene rings is 2. The minimum Gasteiger partial charge on any atom is -0.378 e. The zero-order valence-electron chi connectivity index (χ0n) is 16.9. The summed E-state index contributed by atoms with van der Waals surface area (Å²) < 4.78 is 6.02. The summed E-state index contributed by atoms with van der Waals surface area (Å²) in [4.78, 5) is 15.0. The second-order valence-corrected chi connectivity index (χ2v) is 8.27. The van der Waals surface area contributed by atoms with E-state index in [2.05, 4.69) is 35.8 Å². The summed E-state index contributed by atoms with van der Waals surface area (Å²) in [5, 5.41) is 19.4. The maximum absolute atomic E-state index is 12.8. The van der Waals surface area contributed by atoms with Gasteiger partial charge >= 0.3 is 0 Å². The summed E-state index contributed by atoms with van der Waals surface area (Å²) in [5.74, 6) is 0.0791. The first-order chi connectivity index (χ1) is 15.7. The van der Waals surface area contributed by atoms with Crippen molar-refractivity contribution in [3.05, 3.63) is 71.5 Å². The van der Waals surface area contributed by atoms with Crippen molar-refractivity contribution in [2.45, 2.75) is 15.5 Å². The average molecular weight is 467 g/mol. The molecular weight excluding hydrogens is 448 g/mol. The van der Waals surface area contributed by atoms with Crippen molar-refractivity contribution in [1.29, 1.82) is 0 Å². The molecule has 0 spiro atoms. The Hall–Kier alpha value is -3.64. The van der Waals surface area contributed by atoms with Crippen LogP contribution >= 0.6 is 23.5 Å². The molecule has 0 unspecified atom stereocenters. The van der Waals surface area contributed by atoms with E-state index < -0.39 is 5.91 Å². The number of carbonyl (C=O) groups is 1. The van der Waals surface area contributed by atoms with Crippen LogP contribution in [-0.2, 0) is 5.75 Å². The van der Waals surface area contributed by atoms with Gasteiger partial charge in [0.05, 0.1) is 11.9 Å². The van der Waals surface area contributed by atoms with E-state index in [1.54, 1.807) is 18.0 Å². The fraction of sp³-hybridized carbons (Fsp3) is 0.100. The zero-order valence-corrected chi connectivity index (χ0v) is 18.5. The van der Waals surface area contributed by atoms with E-state index in [1.165, 1.54) is 16.4 Å². The van der Waals surface area contributed by atoms with Crippen LogP contribution in [0.4, 0.5) is 5.82 Å². The van der Waals surface area contributed by atoms with Crippen molar-refractivity contribution in [3.63, 3.8) is 0 Å². The van der Waals surface area contributed by atoms with Crippen LogP contribution in [-0.4, -0.2) is 43.7 Å². The van der Waals surface area contributed by atoms with Crippen LogP contribution < -0.4 is 11.2 Å². The number of aromatic nitrogens is 5. The molecule has 0 radical (unpaired) electrons. The number of rotatable bonds is 8. The second kappa shape index (κ2) is 10.1. The lowest BCUT2D eigenvalue weighted by Gasteiger charge is -2.05. The first kappa shape index (κ1) is 21.6. The third-order valence-electron chi connectivity index (χ3n) is 4.29. The third-order valence-corrected chi connectivity index (χ3v) is 6.06. The number of thioether (sulfide) groups is 2. The number of hydrogen-bond acceptors (Lipinski definition) is 10. The maximum atomic E-state index is 12.8. The highest BCUT2D eigenvalue weighted by Crippen LogP contribution is 2.25. The predicted molar refractivity (Wildman–Crippen MR) is 123 cm³/mol. The molecule has 2 heterocycles. The summed E-state index contributed by atoms with van der Waals surface area (Å²) in [6.45, 7) is 0. The van der Waals surface area contributed by atoms with Gasteiger partial charge in [-0.3, -0.25) is 4.79 Å². The van der Waals surface area contributed by atoms with Gasteiger partial charge in [0.1, 0.15) is 0 Å². The molecule has 0 aliphatic heterocycles. The lowest BCUT2D eigenvalue weighted by molar-refractivity contribution is 0.0949. The number of anilines is 1. The highest BCUT2D eigenvalue weighted by atomic mass is 32.2. The van der Waals surface area contributed by atoms with Crippen LogP contribution in [0.3, 0.4) is 0 Å². The molecule has 2 aromatic heterocycles. The van der Waals surface area contributed by atoms with Crippen LogP contribution in [0.15, 0.2) is 74.1 Å². The molecule has 32 heavy (non-hydrogen) atoms. The number of hydrogen-bond donors (Lipinski definition) is 2. The van der Waals surface area contributed by atoms with Crippen molar-refractivity contribution in [1.82, 2.24) is 30.7 Å². The van der Waals surface area contributed by atoms with Crippen LogP contribution in [0, 0.1) is 0 Å². The van der Waals surface area contributed by atoms with Crippen molar-refractivity contribution in [2.75, 3.05) is 12.0 Å². The Morgan fingerprint density at radius 3 is 2.62 bits per heavy atom. The molecule has 12 heteroatoms. The largest absolute Gasteiger partial charge is 0.378 e. The zero-order chi connectivity index (χ0) is 22.3. The fourth-order valence-electron chi connectivity index (χ4n) is 2.69. The van der Waals surface area contributed by atoms with E-state index in [4.69, 9.17) is 5.73 Å². The second-order valence-electron chi connectivity index (χ2n) is 6.34. The smallest absolute Gasteiger partial charge is 0.293 e. The van der Waals surface area contributed by atoms with E-state index in [-0.39, 0.29) is 17.3 Å². The van der Waals surface area contributed by atoms with Gasteiger partial charge in [0, 0.05) is 15.5 Å². The summed E-state index contributed by atoms with van der Waals surface area (Å²) in [6, 6.07) is 17.5. The van der Waals surface area contributed by atoms with Gasteiger partial charge in [-0.25, -0.2) is 10.1 Å². The first-order valence-corrected chi connectivity index (χ1v) is 11.5. The molecule has 4 aromatic rings. The van der Waals surface area contributed by atoms with E-state index in [9.17, 15) is 4.79 Å². The summed E-state index contributed by atoms with van der Waals surface area (Å²) in [5.41, 5.74) is 9.75. The number of nitrogens with zero attached hydrogens (tertiary/aromatic N) is 6. The Labute approximate surface area is 191 Å². The molecule has 2 aromatic carbocycles. The molecule has 0 saturated carbocycles. The Morgan fingerprint density at radius 2 is 1.94 bits per heavy atom. The van der Waals surface area contributed by atoms with Crippen LogP contribution in [0.1, 0.15) is 21.7 Å². The molecule has 0 atom stereocenters. The van der Waals surface area contributed by atoms with Gasteiger partial charge in [-0.05, 0) is 46.4 Å².